The molecule has 6 nitrogen and oxygen atoms in total. The van der Waals surface area contributed by atoms with E-state index in [1.807, 2.05) is 0 Å². The first-order valence-corrected chi connectivity index (χ1v) is 3.41. The molecule has 0 spiro atoms. The van der Waals surface area contributed by atoms with E-state index in [0.29, 0.717) is 12.4 Å². The quantitative estimate of drug-likeness (QED) is 0.538. The summed E-state index contributed by atoms with van der Waals surface area (Å²) in [5.74, 6) is 0.531. The number of nitrogens with one attached hydrogen (secondary N) is 1. The molecule has 0 radical (unpaired) electrons. The van der Waals surface area contributed by atoms with Crippen molar-refractivity contribution >= 4 is 11.8 Å². The number of rotatable bonds is 2. The zero-order chi connectivity index (χ0) is 9.14. The Balaban J connectivity index is 2.63. The van der Waals surface area contributed by atoms with Gasteiger partial charge in [-0.3, -0.25) is 4.68 Å². The molecule has 0 aliphatic carbocycles. The fraction of sp³-hybridized carbons (Fsp3) is 0.333. The normalized spacial score (nSPS) is 9.75. The fourth-order valence-electron chi connectivity index (χ4n) is 0.811. The second-order valence-corrected chi connectivity index (χ2v) is 2.40. The highest BCUT2D eigenvalue weighted by molar-refractivity contribution is 5.71. The molecule has 0 fully saturated rings. The van der Waals surface area contributed by atoms with Gasteiger partial charge in [0.1, 0.15) is 5.82 Å². The van der Waals surface area contributed by atoms with E-state index < -0.39 is 6.03 Å². The summed E-state index contributed by atoms with van der Waals surface area (Å²) in [6, 6.07) is -0.571. The molecule has 5 N–H and O–H groups in total. The molecular formula is C6H11N5O. The molecule has 12 heavy (non-hydrogen) atoms. The molecule has 1 heterocycles. The fourth-order valence-corrected chi connectivity index (χ4v) is 0.811. The van der Waals surface area contributed by atoms with Gasteiger partial charge in [-0.2, -0.15) is 5.10 Å². The van der Waals surface area contributed by atoms with E-state index in [1.165, 1.54) is 4.68 Å². The summed E-state index contributed by atoms with van der Waals surface area (Å²) < 4.78 is 1.53. The molecule has 66 valence electrons. The smallest absolute Gasteiger partial charge is 0.312 e. The van der Waals surface area contributed by atoms with Gasteiger partial charge < -0.3 is 16.8 Å². The van der Waals surface area contributed by atoms with Crippen LogP contribution in [-0.4, -0.2) is 15.8 Å². The number of carbonyl (C=O) groups is 1. The van der Waals surface area contributed by atoms with Gasteiger partial charge in [0.05, 0.1) is 6.20 Å². The summed E-state index contributed by atoms with van der Waals surface area (Å²) in [5, 5.41) is 6.32. The molecule has 1 aromatic heterocycles. The van der Waals surface area contributed by atoms with Crippen LogP contribution in [0.25, 0.3) is 0 Å². The van der Waals surface area contributed by atoms with Crippen LogP contribution in [0, 0.1) is 0 Å². The zero-order valence-corrected chi connectivity index (χ0v) is 6.74. The molecule has 0 saturated heterocycles. The Morgan fingerprint density at radius 2 is 2.50 bits per heavy atom. The zero-order valence-electron chi connectivity index (χ0n) is 6.74. The average Bonchev–Trinajstić information content (AvgIpc) is 2.30. The lowest BCUT2D eigenvalue weighted by atomic mass is 10.3. The lowest BCUT2D eigenvalue weighted by Gasteiger charge is -2.00. The number of hydrogen-bond donors (Lipinski definition) is 3. The maximum atomic E-state index is 10.3. The van der Waals surface area contributed by atoms with E-state index in [-0.39, 0.29) is 0 Å². The van der Waals surface area contributed by atoms with Crippen LogP contribution in [-0.2, 0) is 13.6 Å². The van der Waals surface area contributed by atoms with E-state index in [9.17, 15) is 4.79 Å². The second-order valence-electron chi connectivity index (χ2n) is 2.40. The van der Waals surface area contributed by atoms with Crippen molar-refractivity contribution in [2.45, 2.75) is 6.54 Å². The molecule has 0 aliphatic heterocycles. The van der Waals surface area contributed by atoms with Crippen LogP contribution in [0.1, 0.15) is 5.56 Å². The summed E-state index contributed by atoms with van der Waals surface area (Å²) in [7, 11) is 1.73. The van der Waals surface area contributed by atoms with Gasteiger partial charge in [0.15, 0.2) is 0 Å². The number of nitrogen functional groups attached to an aromatic ring is 1. The number of hydrogen-bond acceptors (Lipinski definition) is 3. The van der Waals surface area contributed by atoms with Crippen molar-refractivity contribution in [1.29, 1.82) is 0 Å². The first kappa shape index (κ1) is 8.38. The molecule has 0 aliphatic rings. The van der Waals surface area contributed by atoms with E-state index >= 15 is 0 Å². The molecule has 1 aromatic rings. The Bertz CT molecular complexity index is 292. The van der Waals surface area contributed by atoms with Gasteiger partial charge in [-0.05, 0) is 0 Å². The van der Waals surface area contributed by atoms with Crippen molar-refractivity contribution in [3.05, 3.63) is 11.8 Å². The monoisotopic (exact) mass is 169 g/mol. The first-order chi connectivity index (χ1) is 5.61. The van der Waals surface area contributed by atoms with Crippen LogP contribution in [0.5, 0.6) is 0 Å². The van der Waals surface area contributed by atoms with Gasteiger partial charge in [-0.1, -0.05) is 0 Å². The third kappa shape index (κ3) is 1.66. The van der Waals surface area contributed by atoms with Crippen molar-refractivity contribution in [3.8, 4) is 0 Å². The lowest BCUT2D eigenvalue weighted by Crippen LogP contribution is -2.28. The minimum absolute atomic E-state index is 0.314. The summed E-state index contributed by atoms with van der Waals surface area (Å²) >= 11 is 0. The predicted molar refractivity (Wildman–Crippen MR) is 44.0 cm³/mol. The van der Waals surface area contributed by atoms with Crippen LogP contribution in [0.3, 0.4) is 0 Å². The van der Waals surface area contributed by atoms with E-state index in [4.69, 9.17) is 11.5 Å². The number of nitrogens with zero attached hydrogens (tertiary/aromatic N) is 2. The van der Waals surface area contributed by atoms with Crippen molar-refractivity contribution in [2.24, 2.45) is 12.8 Å². The van der Waals surface area contributed by atoms with Gasteiger partial charge in [0.2, 0.25) is 0 Å². The third-order valence-electron chi connectivity index (χ3n) is 1.52. The summed E-state index contributed by atoms with van der Waals surface area (Å²) in [4.78, 5) is 10.3. The van der Waals surface area contributed by atoms with Crippen molar-refractivity contribution in [2.75, 3.05) is 5.73 Å². The van der Waals surface area contributed by atoms with E-state index in [0.717, 1.165) is 5.56 Å². The topological polar surface area (TPSA) is 99.0 Å². The van der Waals surface area contributed by atoms with Crippen LogP contribution >= 0.6 is 0 Å². The van der Waals surface area contributed by atoms with Crippen molar-refractivity contribution in [3.63, 3.8) is 0 Å². The summed E-state index contributed by atoms with van der Waals surface area (Å²) in [6.07, 6.45) is 1.59. The van der Waals surface area contributed by atoms with Crippen LogP contribution in [0.4, 0.5) is 10.6 Å². The van der Waals surface area contributed by atoms with Crippen molar-refractivity contribution in [1.82, 2.24) is 15.1 Å². The Morgan fingerprint density at radius 1 is 1.83 bits per heavy atom. The molecule has 0 unspecified atom stereocenters. The van der Waals surface area contributed by atoms with Gasteiger partial charge in [-0.15, -0.1) is 0 Å². The molecule has 0 bridgehead atoms. The SMILES string of the molecule is Cn1ncc(CNC(N)=O)c1N. The van der Waals surface area contributed by atoms with Crippen LogP contribution < -0.4 is 16.8 Å². The minimum Gasteiger partial charge on any atom is -0.384 e. The number of aryl methyl sites for hydroxylation is 1. The molecule has 0 atom stereocenters. The Kier molecular flexibility index (Phi) is 2.18. The molecule has 0 saturated carbocycles. The second kappa shape index (κ2) is 3.12. The van der Waals surface area contributed by atoms with Gasteiger partial charge in [0, 0.05) is 19.2 Å². The standard InChI is InChI=1S/C6H11N5O/c1-11-5(7)4(3-10-11)2-9-6(8)12/h3H,2,7H2,1H3,(H3,8,9,12). The number of anilines is 1. The largest absolute Gasteiger partial charge is 0.384 e. The Labute approximate surface area is 69.5 Å². The number of aromatic nitrogens is 2. The number of urea groups is 1. The number of primary amides is 1. The Morgan fingerprint density at radius 3 is 2.92 bits per heavy atom. The minimum atomic E-state index is -0.571. The maximum Gasteiger partial charge on any atom is 0.312 e. The highest BCUT2D eigenvalue weighted by Gasteiger charge is 2.03. The van der Waals surface area contributed by atoms with Gasteiger partial charge in [0.25, 0.3) is 0 Å². The maximum absolute atomic E-state index is 10.3. The summed E-state index contributed by atoms with van der Waals surface area (Å²) in [5.41, 5.74) is 11.2. The summed E-state index contributed by atoms with van der Waals surface area (Å²) in [6.45, 7) is 0.314. The number of amides is 2. The van der Waals surface area contributed by atoms with Crippen LogP contribution in [0.2, 0.25) is 0 Å². The molecule has 2 amide bonds. The number of carbonyl (C=O) groups excluding carboxylic acids is 1. The van der Waals surface area contributed by atoms with Crippen molar-refractivity contribution < 1.29 is 4.79 Å². The highest BCUT2D eigenvalue weighted by Crippen LogP contribution is 2.07. The van der Waals surface area contributed by atoms with E-state index in [2.05, 4.69) is 10.4 Å². The molecule has 0 aromatic carbocycles. The van der Waals surface area contributed by atoms with E-state index in [1.54, 1.807) is 13.2 Å². The molecule has 1 rings (SSSR count). The van der Waals surface area contributed by atoms with Gasteiger partial charge >= 0.3 is 6.03 Å². The van der Waals surface area contributed by atoms with Crippen LogP contribution in [0.15, 0.2) is 6.20 Å². The molecular weight excluding hydrogens is 158 g/mol. The van der Waals surface area contributed by atoms with Gasteiger partial charge in [-0.25, -0.2) is 4.79 Å². The predicted octanol–water partition coefficient (Wildman–Crippen LogP) is -0.829. The number of nitrogens with two attached hydrogens (primary N) is 2. The lowest BCUT2D eigenvalue weighted by molar-refractivity contribution is 0.248. The third-order valence-corrected chi connectivity index (χ3v) is 1.52. The highest BCUT2D eigenvalue weighted by atomic mass is 16.2. The first-order valence-electron chi connectivity index (χ1n) is 3.41. The average molecular weight is 169 g/mol. The Hall–Kier alpha value is -1.72. The molecule has 6 heteroatoms.